The first-order valence-electron chi connectivity index (χ1n) is 4.86. The quantitative estimate of drug-likeness (QED) is 0.583. The van der Waals surface area contributed by atoms with Crippen molar-refractivity contribution in [1.82, 2.24) is 5.32 Å². The van der Waals surface area contributed by atoms with Gasteiger partial charge in [-0.1, -0.05) is 36.7 Å². The van der Waals surface area contributed by atoms with Crippen molar-refractivity contribution in [3.05, 3.63) is 0 Å². The Morgan fingerprint density at radius 3 is 2.38 bits per heavy atom. The molecule has 0 saturated heterocycles. The van der Waals surface area contributed by atoms with Crippen LogP contribution < -0.4 is 5.32 Å². The number of hydrogen-bond acceptors (Lipinski definition) is 4. The number of alkyl halides is 1. The summed E-state index contributed by atoms with van der Waals surface area (Å²) in [5.74, 6) is -0.451. The van der Waals surface area contributed by atoms with Gasteiger partial charge in [0.15, 0.2) is 0 Å². The highest BCUT2D eigenvalue weighted by molar-refractivity contribution is 9.09. The van der Waals surface area contributed by atoms with Gasteiger partial charge in [-0.2, -0.15) is 8.42 Å². The molecule has 0 rings (SSSR count). The van der Waals surface area contributed by atoms with Crippen LogP contribution in [0.4, 0.5) is 0 Å². The SMILES string of the molecule is CC(C)(C)COS(=O)(=O)CCNC(=O)CBr. The maximum atomic E-state index is 11.4. The van der Waals surface area contributed by atoms with Crippen LogP contribution in [-0.2, 0) is 19.1 Å². The Hall–Kier alpha value is -0.140. The topological polar surface area (TPSA) is 72.5 Å². The smallest absolute Gasteiger partial charge is 0.269 e. The van der Waals surface area contributed by atoms with Gasteiger partial charge < -0.3 is 5.32 Å². The van der Waals surface area contributed by atoms with Gasteiger partial charge in [-0.25, -0.2) is 0 Å². The molecule has 0 heterocycles. The van der Waals surface area contributed by atoms with Gasteiger partial charge >= 0.3 is 0 Å². The third-order valence-corrected chi connectivity index (χ3v) is 3.16. The van der Waals surface area contributed by atoms with E-state index in [2.05, 4.69) is 21.2 Å². The molecule has 0 atom stereocenters. The van der Waals surface area contributed by atoms with Gasteiger partial charge in [0, 0.05) is 6.54 Å². The molecule has 0 bridgehead atoms. The molecular formula is C9H18BrNO4S. The van der Waals surface area contributed by atoms with E-state index in [1.807, 2.05) is 20.8 Å². The van der Waals surface area contributed by atoms with Crippen LogP contribution in [0, 0.1) is 5.41 Å². The third-order valence-electron chi connectivity index (χ3n) is 1.47. The van der Waals surface area contributed by atoms with Crippen molar-refractivity contribution in [2.24, 2.45) is 5.41 Å². The molecule has 0 fully saturated rings. The van der Waals surface area contributed by atoms with Gasteiger partial charge in [-0.05, 0) is 5.41 Å². The minimum absolute atomic E-state index is 0.0664. The fourth-order valence-corrected chi connectivity index (χ4v) is 1.89. The molecule has 1 amide bonds. The van der Waals surface area contributed by atoms with E-state index in [-0.39, 0.29) is 35.6 Å². The monoisotopic (exact) mass is 315 g/mol. The average Bonchev–Trinajstić information content (AvgIpc) is 2.13. The van der Waals surface area contributed by atoms with Crippen LogP contribution >= 0.6 is 15.9 Å². The zero-order valence-electron chi connectivity index (χ0n) is 9.75. The predicted molar refractivity (Wildman–Crippen MR) is 66.0 cm³/mol. The molecule has 0 aliphatic rings. The van der Waals surface area contributed by atoms with E-state index in [4.69, 9.17) is 4.18 Å². The minimum Gasteiger partial charge on any atom is -0.354 e. The van der Waals surface area contributed by atoms with Crippen molar-refractivity contribution in [1.29, 1.82) is 0 Å². The summed E-state index contributed by atoms with van der Waals surface area (Å²) in [6.45, 7) is 5.86. The molecule has 0 unspecified atom stereocenters. The Labute approximate surface area is 105 Å². The van der Waals surface area contributed by atoms with Gasteiger partial charge in [0.25, 0.3) is 10.1 Å². The fourth-order valence-electron chi connectivity index (χ4n) is 0.688. The maximum Gasteiger partial charge on any atom is 0.269 e. The Morgan fingerprint density at radius 2 is 1.94 bits per heavy atom. The lowest BCUT2D eigenvalue weighted by Gasteiger charge is -2.17. The molecule has 0 radical (unpaired) electrons. The predicted octanol–water partition coefficient (Wildman–Crippen LogP) is 0.890. The highest BCUT2D eigenvalue weighted by atomic mass is 79.9. The molecule has 0 aliphatic carbocycles. The van der Waals surface area contributed by atoms with Crippen LogP contribution in [0.2, 0.25) is 0 Å². The summed E-state index contributed by atoms with van der Waals surface area (Å²) in [4.78, 5) is 10.8. The molecule has 0 aliphatic heterocycles. The first-order valence-corrected chi connectivity index (χ1v) is 7.56. The average molecular weight is 316 g/mol. The first kappa shape index (κ1) is 15.9. The molecule has 0 aromatic heterocycles. The summed E-state index contributed by atoms with van der Waals surface area (Å²) in [7, 11) is -3.55. The van der Waals surface area contributed by atoms with Crippen molar-refractivity contribution < 1.29 is 17.4 Å². The van der Waals surface area contributed by atoms with Gasteiger partial charge in [-0.3, -0.25) is 8.98 Å². The normalized spacial score (nSPS) is 12.5. The van der Waals surface area contributed by atoms with Gasteiger partial charge in [0.1, 0.15) is 0 Å². The molecule has 16 heavy (non-hydrogen) atoms. The number of hydrogen-bond donors (Lipinski definition) is 1. The molecule has 0 saturated carbocycles. The summed E-state index contributed by atoms with van der Waals surface area (Å²) in [6.07, 6.45) is 0. The summed E-state index contributed by atoms with van der Waals surface area (Å²) in [6, 6.07) is 0. The van der Waals surface area contributed by atoms with Crippen molar-refractivity contribution in [2.75, 3.05) is 24.2 Å². The number of halogens is 1. The molecular weight excluding hydrogens is 298 g/mol. The molecule has 0 aromatic carbocycles. The van der Waals surface area contributed by atoms with E-state index in [0.29, 0.717) is 0 Å². The number of rotatable bonds is 6. The number of carbonyl (C=O) groups is 1. The van der Waals surface area contributed by atoms with Gasteiger partial charge in [-0.15, -0.1) is 0 Å². The van der Waals surface area contributed by atoms with E-state index in [1.165, 1.54) is 0 Å². The fraction of sp³-hybridized carbons (Fsp3) is 0.889. The van der Waals surface area contributed by atoms with Crippen molar-refractivity contribution in [2.45, 2.75) is 20.8 Å². The molecule has 96 valence electrons. The highest BCUT2D eigenvalue weighted by Crippen LogP contribution is 2.14. The van der Waals surface area contributed by atoms with E-state index in [9.17, 15) is 13.2 Å². The summed E-state index contributed by atoms with van der Waals surface area (Å²) >= 11 is 2.96. The van der Waals surface area contributed by atoms with Crippen LogP contribution in [0.1, 0.15) is 20.8 Å². The second-order valence-electron chi connectivity index (χ2n) is 4.57. The van der Waals surface area contributed by atoms with Crippen molar-refractivity contribution in [3.63, 3.8) is 0 Å². The zero-order valence-corrected chi connectivity index (χ0v) is 12.2. The number of nitrogens with one attached hydrogen (secondary N) is 1. The lowest BCUT2D eigenvalue weighted by atomic mass is 9.99. The van der Waals surface area contributed by atoms with Crippen LogP contribution in [-0.4, -0.2) is 38.6 Å². The number of carbonyl (C=O) groups excluding carboxylic acids is 1. The first-order chi connectivity index (χ1) is 7.16. The van der Waals surface area contributed by atoms with E-state index in [1.54, 1.807) is 0 Å². The van der Waals surface area contributed by atoms with Gasteiger partial charge in [0.05, 0.1) is 17.7 Å². The summed E-state index contributed by atoms with van der Waals surface area (Å²) in [5, 5.41) is 2.60. The van der Waals surface area contributed by atoms with E-state index < -0.39 is 10.1 Å². The van der Waals surface area contributed by atoms with E-state index in [0.717, 1.165) is 0 Å². The highest BCUT2D eigenvalue weighted by Gasteiger charge is 2.17. The van der Waals surface area contributed by atoms with Gasteiger partial charge in [0.2, 0.25) is 5.91 Å². The Kier molecular flexibility index (Phi) is 6.50. The Bertz CT molecular complexity index is 321. The van der Waals surface area contributed by atoms with Crippen molar-refractivity contribution >= 4 is 32.0 Å². The van der Waals surface area contributed by atoms with Crippen LogP contribution in [0.15, 0.2) is 0 Å². The summed E-state index contributed by atoms with van der Waals surface area (Å²) < 4.78 is 27.5. The maximum absolute atomic E-state index is 11.4. The standard InChI is InChI=1S/C9H18BrNO4S/c1-9(2,3)7-15-16(13,14)5-4-11-8(12)6-10/h4-7H2,1-3H3,(H,11,12). The van der Waals surface area contributed by atoms with E-state index >= 15 is 0 Å². The second kappa shape index (κ2) is 6.56. The minimum atomic E-state index is -3.55. The molecule has 7 heteroatoms. The number of amides is 1. The van der Waals surface area contributed by atoms with Crippen LogP contribution in [0.25, 0.3) is 0 Å². The zero-order chi connectivity index (χ0) is 12.8. The second-order valence-corrected chi connectivity index (χ2v) is 6.89. The largest absolute Gasteiger partial charge is 0.354 e. The Balaban J connectivity index is 3.93. The molecule has 0 spiro atoms. The summed E-state index contributed by atoms with van der Waals surface area (Å²) in [5.41, 5.74) is -0.202. The molecule has 1 N–H and O–H groups in total. The Morgan fingerprint density at radius 1 is 1.38 bits per heavy atom. The third kappa shape index (κ3) is 9.11. The van der Waals surface area contributed by atoms with Crippen LogP contribution in [0.5, 0.6) is 0 Å². The molecule has 5 nitrogen and oxygen atoms in total. The van der Waals surface area contributed by atoms with Crippen molar-refractivity contribution in [3.8, 4) is 0 Å². The lowest BCUT2D eigenvalue weighted by Crippen LogP contribution is -2.31. The van der Waals surface area contributed by atoms with Crippen LogP contribution in [0.3, 0.4) is 0 Å². The lowest BCUT2D eigenvalue weighted by molar-refractivity contribution is -0.118. The molecule has 0 aromatic rings.